The van der Waals surface area contributed by atoms with E-state index in [9.17, 15) is 9.90 Å². The Morgan fingerprint density at radius 1 is 1.35 bits per heavy atom. The average Bonchev–Trinajstić information content (AvgIpc) is 2.89. The molecular weight excluding hydrogens is 310 g/mol. The van der Waals surface area contributed by atoms with Crippen LogP contribution in [0.4, 0.5) is 4.79 Å². The van der Waals surface area contributed by atoms with Gasteiger partial charge in [-0.2, -0.15) is 0 Å². The van der Waals surface area contributed by atoms with E-state index in [-0.39, 0.29) is 12.1 Å². The minimum absolute atomic E-state index is 0.131. The monoisotopic (exact) mass is 333 g/mol. The van der Waals surface area contributed by atoms with Crippen LogP contribution in [-0.2, 0) is 0 Å². The second kappa shape index (κ2) is 7.57. The summed E-state index contributed by atoms with van der Waals surface area (Å²) in [6.45, 7) is 5.87. The van der Waals surface area contributed by atoms with Crippen molar-refractivity contribution < 1.29 is 9.90 Å². The number of carbonyl (C=O) groups is 1. The number of nitrogens with one attached hydrogen (secondary N) is 1. The zero-order chi connectivity index (χ0) is 17.0. The minimum atomic E-state index is -0.545. The van der Waals surface area contributed by atoms with Crippen LogP contribution in [0.3, 0.4) is 0 Å². The lowest BCUT2D eigenvalue weighted by molar-refractivity contribution is 0.142. The highest BCUT2D eigenvalue weighted by Gasteiger charge is 2.19. The summed E-state index contributed by atoms with van der Waals surface area (Å²) in [7, 11) is 1.67. The zero-order valence-corrected chi connectivity index (χ0v) is 14.7. The molecule has 1 aromatic carbocycles. The molecule has 23 heavy (non-hydrogen) atoms. The lowest BCUT2D eigenvalue weighted by atomic mass is 10.2. The van der Waals surface area contributed by atoms with Crippen molar-refractivity contribution in [1.29, 1.82) is 0 Å². The molecule has 0 aliphatic carbocycles. The Labute approximate surface area is 141 Å². The van der Waals surface area contributed by atoms with E-state index < -0.39 is 6.10 Å². The van der Waals surface area contributed by atoms with E-state index in [1.807, 2.05) is 44.2 Å². The number of aliphatic hydroxyl groups is 1. The first-order valence-corrected chi connectivity index (χ1v) is 8.42. The fraction of sp³-hybridized carbons (Fsp3) is 0.412. The number of hydrogen-bond acceptors (Lipinski definition) is 4. The van der Waals surface area contributed by atoms with Gasteiger partial charge in [-0.25, -0.2) is 9.78 Å². The van der Waals surface area contributed by atoms with Gasteiger partial charge in [0, 0.05) is 19.2 Å². The van der Waals surface area contributed by atoms with Crippen molar-refractivity contribution >= 4 is 17.4 Å². The maximum absolute atomic E-state index is 12.1. The largest absolute Gasteiger partial charge is 0.392 e. The smallest absolute Gasteiger partial charge is 0.317 e. The van der Waals surface area contributed by atoms with E-state index in [1.54, 1.807) is 25.3 Å². The molecule has 2 aromatic rings. The number of thiazole rings is 1. The molecule has 0 saturated carbocycles. The standard InChI is InChI=1S/C17H23N3O2S/c1-11(21)10-20(4)17(22)19-13(3)15-12(2)18-16(23-15)14-8-6-5-7-9-14/h5-9,11,13,21H,10H2,1-4H3,(H,19,22). The highest BCUT2D eigenvalue weighted by atomic mass is 32.1. The molecule has 6 heteroatoms. The summed E-state index contributed by atoms with van der Waals surface area (Å²) in [6, 6.07) is 9.68. The number of aryl methyl sites for hydroxylation is 1. The van der Waals surface area contributed by atoms with Gasteiger partial charge in [0.25, 0.3) is 0 Å². The van der Waals surface area contributed by atoms with Gasteiger partial charge in [-0.3, -0.25) is 0 Å². The fourth-order valence-electron chi connectivity index (χ4n) is 2.35. The molecule has 2 amide bonds. The Balaban J connectivity index is 2.10. The first-order chi connectivity index (χ1) is 10.9. The Morgan fingerprint density at radius 2 is 2.00 bits per heavy atom. The number of likely N-dealkylation sites (N-methyl/N-ethyl adjacent to an activating group) is 1. The van der Waals surface area contributed by atoms with Gasteiger partial charge >= 0.3 is 6.03 Å². The predicted octanol–water partition coefficient (Wildman–Crippen LogP) is 3.20. The van der Waals surface area contributed by atoms with Crippen molar-refractivity contribution in [3.05, 3.63) is 40.9 Å². The Kier molecular flexibility index (Phi) is 5.74. The van der Waals surface area contributed by atoms with Gasteiger partial charge < -0.3 is 15.3 Å². The average molecular weight is 333 g/mol. The molecule has 5 nitrogen and oxygen atoms in total. The summed E-state index contributed by atoms with van der Waals surface area (Å²) < 4.78 is 0. The van der Waals surface area contributed by atoms with E-state index in [2.05, 4.69) is 10.3 Å². The summed E-state index contributed by atoms with van der Waals surface area (Å²) in [4.78, 5) is 19.3. The molecule has 2 rings (SSSR count). The van der Waals surface area contributed by atoms with Crippen LogP contribution in [0, 0.1) is 6.92 Å². The van der Waals surface area contributed by atoms with Crippen LogP contribution in [0.2, 0.25) is 0 Å². The third-order valence-corrected chi connectivity index (χ3v) is 4.86. The number of amides is 2. The van der Waals surface area contributed by atoms with Gasteiger partial charge in [-0.1, -0.05) is 30.3 Å². The maximum Gasteiger partial charge on any atom is 0.317 e. The number of carbonyl (C=O) groups excluding carboxylic acids is 1. The molecule has 2 N–H and O–H groups in total. The third kappa shape index (κ3) is 4.53. The van der Waals surface area contributed by atoms with Crippen molar-refractivity contribution in [1.82, 2.24) is 15.2 Å². The SMILES string of the molecule is Cc1nc(-c2ccccc2)sc1C(C)NC(=O)N(C)CC(C)O. The number of urea groups is 1. The van der Waals surface area contributed by atoms with Crippen molar-refractivity contribution in [3.63, 3.8) is 0 Å². The molecule has 0 saturated heterocycles. The van der Waals surface area contributed by atoms with E-state index in [0.29, 0.717) is 6.54 Å². The van der Waals surface area contributed by atoms with Crippen molar-refractivity contribution in [2.24, 2.45) is 0 Å². The highest BCUT2D eigenvalue weighted by Crippen LogP contribution is 2.31. The number of hydrogen-bond donors (Lipinski definition) is 2. The minimum Gasteiger partial charge on any atom is -0.392 e. The second-order valence-corrected chi connectivity index (χ2v) is 6.77. The van der Waals surface area contributed by atoms with Crippen LogP contribution in [0.15, 0.2) is 30.3 Å². The van der Waals surface area contributed by atoms with Crippen molar-refractivity contribution in [2.75, 3.05) is 13.6 Å². The first kappa shape index (κ1) is 17.4. The third-order valence-electron chi connectivity index (χ3n) is 3.47. The summed E-state index contributed by atoms with van der Waals surface area (Å²) in [6.07, 6.45) is -0.545. The molecule has 0 aliphatic heterocycles. The number of aromatic nitrogens is 1. The zero-order valence-electron chi connectivity index (χ0n) is 13.9. The summed E-state index contributed by atoms with van der Waals surface area (Å²) >= 11 is 1.59. The van der Waals surface area contributed by atoms with Crippen molar-refractivity contribution in [2.45, 2.75) is 32.9 Å². The van der Waals surface area contributed by atoms with Crippen LogP contribution in [-0.4, -0.2) is 40.7 Å². The lowest BCUT2D eigenvalue weighted by Gasteiger charge is -2.22. The lowest BCUT2D eigenvalue weighted by Crippen LogP contribution is -2.41. The molecule has 2 unspecified atom stereocenters. The first-order valence-electron chi connectivity index (χ1n) is 7.61. The van der Waals surface area contributed by atoms with E-state index in [0.717, 1.165) is 21.1 Å². The predicted molar refractivity (Wildman–Crippen MR) is 93.5 cm³/mol. The number of benzene rings is 1. The van der Waals surface area contributed by atoms with Gasteiger partial charge in [0.2, 0.25) is 0 Å². The molecule has 0 aliphatic rings. The van der Waals surface area contributed by atoms with E-state index in [4.69, 9.17) is 0 Å². The molecule has 1 heterocycles. The van der Waals surface area contributed by atoms with Gasteiger partial charge in [-0.15, -0.1) is 11.3 Å². The molecule has 0 bridgehead atoms. The molecule has 1 aromatic heterocycles. The number of rotatable bonds is 5. The Morgan fingerprint density at radius 3 is 2.61 bits per heavy atom. The van der Waals surface area contributed by atoms with Gasteiger partial charge in [0.15, 0.2) is 0 Å². The molecule has 0 spiro atoms. The Bertz CT molecular complexity index is 655. The van der Waals surface area contributed by atoms with Gasteiger partial charge in [0.05, 0.1) is 22.7 Å². The second-order valence-electron chi connectivity index (χ2n) is 5.74. The fourth-order valence-corrected chi connectivity index (χ4v) is 3.43. The van der Waals surface area contributed by atoms with E-state index in [1.165, 1.54) is 4.90 Å². The summed E-state index contributed by atoms with van der Waals surface area (Å²) in [5.74, 6) is 0. The molecule has 124 valence electrons. The van der Waals surface area contributed by atoms with Crippen LogP contribution < -0.4 is 5.32 Å². The maximum atomic E-state index is 12.1. The van der Waals surface area contributed by atoms with Crippen LogP contribution in [0.1, 0.15) is 30.5 Å². The Hall–Kier alpha value is -1.92. The van der Waals surface area contributed by atoms with Gasteiger partial charge in [-0.05, 0) is 20.8 Å². The van der Waals surface area contributed by atoms with Crippen LogP contribution >= 0.6 is 11.3 Å². The molecule has 2 atom stereocenters. The molecular formula is C17H23N3O2S. The highest BCUT2D eigenvalue weighted by molar-refractivity contribution is 7.15. The topological polar surface area (TPSA) is 65.5 Å². The normalized spacial score (nSPS) is 13.4. The number of nitrogens with zero attached hydrogens (tertiary/aromatic N) is 2. The van der Waals surface area contributed by atoms with Crippen molar-refractivity contribution in [3.8, 4) is 10.6 Å². The van der Waals surface area contributed by atoms with E-state index >= 15 is 0 Å². The molecule has 0 fully saturated rings. The number of aliphatic hydroxyl groups excluding tert-OH is 1. The molecule has 0 radical (unpaired) electrons. The quantitative estimate of drug-likeness (QED) is 0.883. The van der Waals surface area contributed by atoms with Crippen LogP contribution in [0.5, 0.6) is 0 Å². The van der Waals surface area contributed by atoms with Crippen LogP contribution in [0.25, 0.3) is 10.6 Å². The summed E-state index contributed by atoms with van der Waals surface area (Å²) in [5, 5.41) is 13.3. The van der Waals surface area contributed by atoms with Gasteiger partial charge in [0.1, 0.15) is 5.01 Å². The summed E-state index contributed by atoms with van der Waals surface area (Å²) in [5.41, 5.74) is 2.01.